The Morgan fingerprint density at radius 3 is 2.62 bits per heavy atom. The number of rotatable bonds is 3. The van der Waals surface area contributed by atoms with Crippen LogP contribution in [0.5, 0.6) is 0 Å². The molecule has 0 saturated carbocycles. The Balaban J connectivity index is 1.78. The molecule has 1 aromatic rings. The maximum Gasteiger partial charge on any atom is 0.318 e. The van der Waals surface area contributed by atoms with E-state index in [0.717, 1.165) is 44.0 Å². The van der Waals surface area contributed by atoms with Crippen molar-refractivity contribution >= 4 is 6.03 Å². The Bertz CT molecular complexity index is 548. The third kappa shape index (κ3) is 2.40. The minimum absolute atomic E-state index is 0.0142. The van der Waals surface area contributed by atoms with Crippen LogP contribution in [0.15, 0.2) is 0 Å². The molecule has 1 fully saturated rings. The van der Waals surface area contributed by atoms with Crippen LogP contribution in [0, 0.1) is 5.92 Å². The van der Waals surface area contributed by atoms with Crippen LogP contribution in [0.1, 0.15) is 58.2 Å². The van der Waals surface area contributed by atoms with Gasteiger partial charge in [-0.3, -0.25) is 0 Å². The minimum Gasteiger partial charge on any atom is -0.328 e. The van der Waals surface area contributed by atoms with Gasteiger partial charge in [0.15, 0.2) is 5.82 Å². The number of amides is 2. The van der Waals surface area contributed by atoms with E-state index in [1.54, 1.807) is 0 Å². The number of carbonyl (C=O) groups excluding carboxylic acids is 1. The first kappa shape index (κ1) is 14.4. The third-order valence-corrected chi connectivity index (χ3v) is 4.78. The zero-order valence-corrected chi connectivity index (χ0v) is 13.4. The molecule has 3 rings (SSSR count). The number of fused-ring (bicyclic) bond motifs is 1. The molecule has 1 aromatic heterocycles. The Hall–Kier alpha value is -1.59. The average molecular weight is 291 g/mol. The second kappa shape index (κ2) is 5.00. The molecule has 2 amide bonds. The quantitative estimate of drug-likeness (QED) is 0.927. The van der Waals surface area contributed by atoms with Crippen LogP contribution in [0.4, 0.5) is 4.79 Å². The lowest BCUT2D eigenvalue weighted by Crippen LogP contribution is -2.61. The first-order chi connectivity index (χ1) is 9.90. The summed E-state index contributed by atoms with van der Waals surface area (Å²) in [4.78, 5) is 14.4. The number of hydrogen-bond donors (Lipinski definition) is 1. The van der Waals surface area contributed by atoms with Crippen LogP contribution in [-0.2, 0) is 13.0 Å². The van der Waals surface area contributed by atoms with Crippen molar-refractivity contribution in [3.8, 4) is 0 Å². The van der Waals surface area contributed by atoms with Gasteiger partial charge in [-0.15, -0.1) is 10.2 Å². The van der Waals surface area contributed by atoms with Crippen LogP contribution in [-0.4, -0.2) is 37.8 Å². The van der Waals surface area contributed by atoms with E-state index in [1.807, 2.05) is 4.90 Å². The minimum atomic E-state index is -0.0757. The van der Waals surface area contributed by atoms with Crippen molar-refractivity contribution < 1.29 is 4.79 Å². The molecule has 116 valence electrons. The summed E-state index contributed by atoms with van der Waals surface area (Å²) in [5, 5.41) is 11.8. The van der Waals surface area contributed by atoms with E-state index < -0.39 is 0 Å². The van der Waals surface area contributed by atoms with Crippen LogP contribution < -0.4 is 5.32 Å². The maximum absolute atomic E-state index is 12.5. The highest BCUT2D eigenvalue weighted by atomic mass is 16.2. The molecule has 1 atom stereocenters. The van der Waals surface area contributed by atoms with Gasteiger partial charge in [0.25, 0.3) is 0 Å². The van der Waals surface area contributed by atoms with Crippen molar-refractivity contribution in [2.75, 3.05) is 6.54 Å². The topological polar surface area (TPSA) is 63.1 Å². The van der Waals surface area contributed by atoms with E-state index in [2.05, 4.69) is 47.8 Å². The lowest BCUT2D eigenvalue weighted by Gasteiger charge is -2.48. The summed E-state index contributed by atoms with van der Waals surface area (Å²) in [6.07, 6.45) is 3.17. The Labute approximate surface area is 125 Å². The predicted octanol–water partition coefficient (Wildman–Crippen LogP) is 2.12. The summed E-state index contributed by atoms with van der Waals surface area (Å²) in [7, 11) is 0. The summed E-state index contributed by atoms with van der Waals surface area (Å²) < 4.78 is 2.17. The number of hydrogen-bond acceptors (Lipinski definition) is 3. The molecule has 6 heteroatoms. The van der Waals surface area contributed by atoms with Gasteiger partial charge in [-0.1, -0.05) is 13.8 Å². The molecule has 3 heterocycles. The van der Waals surface area contributed by atoms with E-state index in [4.69, 9.17) is 0 Å². The molecule has 0 unspecified atom stereocenters. The second-order valence-electron chi connectivity index (χ2n) is 7.11. The fourth-order valence-electron chi connectivity index (χ4n) is 3.19. The molecule has 0 radical (unpaired) electrons. The zero-order valence-electron chi connectivity index (χ0n) is 13.4. The van der Waals surface area contributed by atoms with E-state index in [1.165, 1.54) is 0 Å². The van der Waals surface area contributed by atoms with Crippen LogP contribution >= 0.6 is 0 Å². The molecule has 0 bridgehead atoms. The van der Waals surface area contributed by atoms with Gasteiger partial charge >= 0.3 is 6.03 Å². The van der Waals surface area contributed by atoms with Crippen LogP contribution in [0.25, 0.3) is 0 Å². The first-order valence-corrected chi connectivity index (χ1v) is 7.90. The van der Waals surface area contributed by atoms with Crippen molar-refractivity contribution in [1.29, 1.82) is 0 Å². The predicted molar refractivity (Wildman–Crippen MR) is 79.9 cm³/mol. The SMILES string of the molecule is CC(C)[C@H](NC(=O)N1CCC1(C)C)c1nnc2n1CCC2. The van der Waals surface area contributed by atoms with Crippen molar-refractivity contribution in [3.05, 3.63) is 11.6 Å². The number of urea groups is 1. The van der Waals surface area contributed by atoms with E-state index in [-0.39, 0.29) is 23.5 Å². The largest absolute Gasteiger partial charge is 0.328 e. The highest BCUT2D eigenvalue weighted by Gasteiger charge is 2.40. The Morgan fingerprint density at radius 1 is 1.29 bits per heavy atom. The van der Waals surface area contributed by atoms with E-state index in [9.17, 15) is 4.79 Å². The number of nitrogens with one attached hydrogen (secondary N) is 1. The summed E-state index contributed by atoms with van der Waals surface area (Å²) >= 11 is 0. The standard InChI is InChI=1S/C15H25N5O/c1-10(2)12(13-18-17-11-6-5-8-19(11)13)16-14(21)20-9-7-15(20,3)4/h10,12H,5-9H2,1-4H3,(H,16,21)/t12-/m0/s1. The molecule has 2 aliphatic rings. The van der Waals surface area contributed by atoms with Gasteiger partial charge in [0.1, 0.15) is 5.82 Å². The summed E-state index contributed by atoms with van der Waals surface area (Å²) in [5.41, 5.74) is -0.0294. The van der Waals surface area contributed by atoms with Gasteiger partial charge in [-0.05, 0) is 32.6 Å². The second-order valence-corrected chi connectivity index (χ2v) is 7.11. The van der Waals surface area contributed by atoms with Crippen molar-refractivity contribution in [3.63, 3.8) is 0 Å². The zero-order chi connectivity index (χ0) is 15.2. The first-order valence-electron chi connectivity index (χ1n) is 7.90. The molecule has 0 aliphatic carbocycles. The highest BCUT2D eigenvalue weighted by molar-refractivity contribution is 5.76. The van der Waals surface area contributed by atoms with Crippen LogP contribution in [0.2, 0.25) is 0 Å². The fourth-order valence-corrected chi connectivity index (χ4v) is 3.19. The normalized spacial score (nSPS) is 21.1. The number of nitrogens with zero attached hydrogens (tertiary/aromatic N) is 4. The summed E-state index contributed by atoms with van der Waals surface area (Å²) in [6, 6.07) is -0.0615. The third-order valence-electron chi connectivity index (χ3n) is 4.78. The molecule has 0 aromatic carbocycles. The van der Waals surface area contributed by atoms with Crippen LogP contribution in [0.3, 0.4) is 0 Å². The molecule has 1 saturated heterocycles. The molecule has 6 nitrogen and oxygen atoms in total. The van der Waals surface area contributed by atoms with Gasteiger partial charge in [0.05, 0.1) is 6.04 Å². The smallest absolute Gasteiger partial charge is 0.318 e. The van der Waals surface area contributed by atoms with Gasteiger partial charge in [-0.25, -0.2) is 4.79 Å². The molecular formula is C15H25N5O. The monoisotopic (exact) mass is 291 g/mol. The van der Waals surface area contributed by atoms with E-state index in [0.29, 0.717) is 0 Å². The lowest BCUT2D eigenvalue weighted by atomic mass is 9.89. The van der Waals surface area contributed by atoms with Crippen molar-refractivity contribution in [1.82, 2.24) is 25.0 Å². The van der Waals surface area contributed by atoms with Gasteiger partial charge in [0, 0.05) is 25.0 Å². The average Bonchev–Trinajstić information content (AvgIpc) is 2.97. The van der Waals surface area contributed by atoms with E-state index >= 15 is 0 Å². The maximum atomic E-state index is 12.5. The number of likely N-dealkylation sites (tertiary alicyclic amines) is 1. The number of aromatic nitrogens is 3. The molecule has 0 spiro atoms. The number of carbonyl (C=O) groups is 1. The molecular weight excluding hydrogens is 266 g/mol. The molecule has 21 heavy (non-hydrogen) atoms. The highest BCUT2D eigenvalue weighted by Crippen LogP contribution is 2.31. The van der Waals surface area contributed by atoms with Crippen molar-refractivity contribution in [2.45, 2.75) is 65.1 Å². The van der Waals surface area contributed by atoms with Gasteiger partial charge in [0.2, 0.25) is 0 Å². The number of aryl methyl sites for hydroxylation is 1. The molecule has 2 aliphatic heterocycles. The summed E-state index contributed by atoms with van der Waals surface area (Å²) in [6.45, 7) is 10.2. The molecule has 1 N–H and O–H groups in total. The Morgan fingerprint density at radius 2 is 2.05 bits per heavy atom. The lowest BCUT2D eigenvalue weighted by molar-refractivity contribution is 0.0503. The van der Waals surface area contributed by atoms with Crippen molar-refractivity contribution in [2.24, 2.45) is 5.92 Å². The fraction of sp³-hybridized carbons (Fsp3) is 0.800. The Kier molecular flexibility index (Phi) is 3.42. The summed E-state index contributed by atoms with van der Waals surface area (Å²) in [5.74, 6) is 2.24. The van der Waals surface area contributed by atoms with Gasteiger partial charge < -0.3 is 14.8 Å². The van der Waals surface area contributed by atoms with Gasteiger partial charge in [-0.2, -0.15) is 0 Å².